The van der Waals surface area contributed by atoms with Crippen LogP contribution in [0.4, 0.5) is 0 Å². The Morgan fingerprint density at radius 2 is 1.97 bits per heavy atom. The molecule has 0 spiro atoms. The number of aromatic nitrogens is 3. The molecule has 0 aliphatic carbocycles. The summed E-state index contributed by atoms with van der Waals surface area (Å²) in [5, 5.41) is 10.5. The average Bonchev–Trinajstić information content (AvgIpc) is 3.49. The molecule has 1 atom stereocenters. The van der Waals surface area contributed by atoms with Crippen molar-refractivity contribution in [3.05, 3.63) is 59.0 Å². The molecule has 10 heteroatoms. The molecule has 0 aliphatic heterocycles. The molecule has 2 aromatic carbocycles. The van der Waals surface area contributed by atoms with Crippen molar-refractivity contribution in [2.24, 2.45) is 4.40 Å². The van der Waals surface area contributed by atoms with E-state index < -0.39 is 24.2 Å². The van der Waals surface area contributed by atoms with Crippen LogP contribution in [0.5, 0.6) is 5.75 Å². The van der Waals surface area contributed by atoms with Crippen molar-refractivity contribution in [1.82, 2.24) is 14.5 Å². The van der Waals surface area contributed by atoms with Crippen molar-refractivity contribution in [2.45, 2.75) is 64.9 Å². The van der Waals surface area contributed by atoms with Gasteiger partial charge < -0.3 is 19.0 Å². The van der Waals surface area contributed by atoms with Gasteiger partial charge in [-0.15, -0.1) is 0 Å². The first kappa shape index (κ1) is 28.9. The highest BCUT2D eigenvalue weighted by molar-refractivity contribution is 7.91. The van der Waals surface area contributed by atoms with Gasteiger partial charge in [0, 0.05) is 31.8 Å². The Balaban J connectivity index is 2.00. The molecular formula is C29H37N5O3SSi. The fourth-order valence-corrected chi connectivity index (χ4v) is 5.61. The molecule has 1 unspecified atom stereocenters. The summed E-state index contributed by atoms with van der Waals surface area (Å²) in [6.45, 7) is 15.5. The highest BCUT2D eigenvalue weighted by atomic mass is 32.2. The molecule has 8 nitrogen and oxygen atoms in total. The van der Waals surface area contributed by atoms with Crippen LogP contribution in [0.25, 0.3) is 21.9 Å². The monoisotopic (exact) mass is 563 g/mol. The number of aryl methyl sites for hydroxylation is 1. The minimum atomic E-state index is -1.59. The summed E-state index contributed by atoms with van der Waals surface area (Å²) in [6.07, 6.45) is 1.88. The number of benzene rings is 2. The Labute approximate surface area is 234 Å². The van der Waals surface area contributed by atoms with Crippen molar-refractivity contribution in [2.75, 3.05) is 13.7 Å². The number of ether oxygens (including phenoxy) is 2. The fourth-order valence-electron chi connectivity index (χ4n) is 4.24. The summed E-state index contributed by atoms with van der Waals surface area (Å²) < 4.78 is 31.7. The van der Waals surface area contributed by atoms with Gasteiger partial charge in [-0.3, -0.25) is 4.57 Å². The van der Waals surface area contributed by atoms with Gasteiger partial charge in [0.15, 0.2) is 11.5 Å². The van der Waals surface area contributed by atoms with Crippen LogP contribution in [0.3, 0.4) is 0 Å². The lowest BCUT2D eigenvalue weighted by Crippen LogP contribution is -2.28. The van der Waals surface area contributed by atoms with Gasteiger partial charge in [0.05, 0.1) is 35.3 Å². The number of H-pyrrole nitrogens is 1. The smallest absolute Gasteiger partial charge is 0.168 e. The predicted octanol–water partition coefficient (Wildman–Crippen LogP) is 6.32. The van der Waals surface area contributed by atoms with Crippen LogP contribution in [-0.2, 0) is 22.8 Å². The minimum Gasteiger partial charge on any atom is -0.591 e. The van der Waals surface area contributed by atoms with E-state index in [2.05, 4.69) is 30.7 Å². The third-order valence-electron chi connectivity index (χ3n) is 6.47. The molecule has 39 heavy (non-hydrogen) atoms. The first-order valence-electron chi connectivity index (χ1n) is 13.0. The van der Waals surface area contributed by atoms with Crippen molar-refractivity contribution in [3.8, 4) is 11.8 Å². The zero-order valence-corrected chi connectivity index (χ0v) is 25.8. The molecule has 0 fully saturated rings. The number of nitriles is 1. The van der Waals surface area contributed by atoms with Gasteiger partial charge >= 0.3 is 0 Å². The van der Waals surface area contributed by atoms with E-state index in [0.29, 0.717) is 40.5 Å². The maximum atomic E-state index is 13.5. The number of fused-ring (bicyclic) bond motifs is 2. The molecule has 0 aliphatic rings. The third kappa shape index (κ3) is 6.22. The fraction of sp³-hybridized carbons (Fsp3) is 0.414. The number of methoxy groups -OCH3 is 1. The standard InChI is InChI=1S/C29H37N5O3SSi/c1-19-15-24(36-5)25(21-11-12-31-26(19)21)27(33-38(35)29(2,3)4)28-32-22-10-9-20(17-30)16-23(22)34(28)18-37-13-14-39(6,7)8/h9-12,15-16,31H,13-14,18H2,1-8H3/b33-27+. The summed E-state index contributed by atoms with van der Waals surface area (Å²) in [4.78, 5) is 8.28. The van der Waals surface area contributed by atoms with Crippen LogP contribution >= 0.6 is 0 Å². The number of aromatic amines is 1. The Bertz CT molecular complexity index is 1570. The van der Waals surface area contributed by atoms with Crippen LogP contribution in [0, 0.1) is 18.3 Å². The molecule has 1 N–H and O–H groups in total. The van der Waals surface area contributed by atoms with E-state index >= 15 is 0 Å². The SMILES string of the molecule is COc1cc(C)c2[nH]ccc2c1/C(=N\[S+]([O-])C(C)(C)C)c1nc2ccc(C#N)cc2n1COCC[Si](C)(C)C. The van der Waals surface area contributed by atoms with Crippen molar-refractivity contribution in [1.29, 1.82) is 5.26 Å². The molecule has 0 amide bonds. The quantitative estimate of drug-likeness (QED) is 0.111. The predicted molar refractivity (Wildman–Crippen MR) is 162 cm³/mol. The van der Waals surface area contributed by atoms with Gasteiger partial charge in [0.1, 0.15) is 28.6 Å². The summed E-state index contributed by atoms with van der Waals surface area (Å²) in [5.41, 5.74) is 5.10. The molecule has 0 radical (unpaired) electrons. The van der Waals surface area contributed by atoms with Gasteiger partial charge in [-0.25, -0.2) is 4.98 Å². The van der Waals surface area contributed by atoms with E-state index in [0.717, 1.165) is 28.0 Å². The second-order valence-electron chi connectivity index (χ2n) is 11.9. The van der Waals surface area contributed by atoms with Gasteiger partial charge in [0.2, 0.25) is 0 Å². The van der Waals surface area contributed by atoms with E-state index in [1.54, 1.807) is 13.2 Å². The van der Waals surface area contributed by atoms with Crippen LogP contribution < -0.4 is 4.74 Å². The number of rotatable bonds is 9. The topological polar surface area (TPSA) is 111 Å². The lowest BCUT2D eigenvalue weighted by molar-refractivity contribution is 0.0895. The Kier molecular flexibility index (Phi) is 8.28. The second-order valence-corrected chi connectivity index (χ2v) is 19.4. The van der Waals surface area contributed by atoms with Crippen LogP contribution in [-0.4, -0.2) is 51.3 Å². The second kappa shape index (κ2) is 11.2. The number of nitrogens with one attached hydrogen (secondary N) is 1. The number of hydrogen-bond acceptors (Lipinski definition) is 6. The third-order valence-corrected chi connectivity index (χ3v) is 9.57. The maximum Gasteiger partial charge on any atom is 0.168 e. The average molecular weight is 564 g/mol. The zero-order valence-electron chi connectivity index (χ0n) is 24.0. The van der Waals surface area contributed by atoms with Gasteiger partial charge in [-0.2, -0.15) is 5.26 Å². The Morgan fingerprint density at radius 3 is 2.62 bits per heavy atom. The van der Waals surface area contributed by atoms with Gasteiger partial charge in [0.25, 0.3) is 0 Å². The van der Waals surface area contributed by atoms with E-state index in [1.807, 2.05) is 62.7 Å². The molecule has 206 valence electrons. The summed E-state index contributed by atoms with van der Waals surface area (Å²) >= 11 is -1.59. The first-order chi connectivity index (χ1) is 18.3. The Morgan fingerprint density at radius 1 is 1.23 bits per heavy atom. The molecule has 0 saturated heterocycles. The summed E-state index contributed by atoms with van der Waals surface area (Å²) in [6, 6.07) is 12.5. The molecule has 0 bridgehead atoms. The summed E-state index contributed by atoms with van der Waals surface area (Å²) in [5.74, 6) is 1.12. The number of nitrogens with zero attached hydrogens (tertiary/aromatic N) is 4. The molecule has 4 aromatic rings. The van der Waals surface area contributed by atoms with Crippen molar-refractivity contribution >= 4 is 47.1 Å². The van der Waals surface area contributed by atoms with Crippen molar-refractivity contribution < 1.29 is 14.0 Å². The normalized spacial score (nSPS) is 13.7. The van der Waals surface area contributed by atoms with Crippen LogP contribution in [0.2, 0.25) is 25.7 Å². The van der Waals surface area contributed by atoms with Gasteiger partial charge in [-0.05, 0) is 69.6 Å². The minimum absolute atomic E-state index is 0.219. The van der Waals surface area contributed by atoms with Crippen LogP contribution in [0.15, 0.2) is 40.9 Å². The van der Waals surface area contributed by atoms with Crippen molar-refractivity contribution in [3.63, 3.8) is 0 Å². The molecule has 4 rings (SSSR count). The molecule has 0 saturated carbocycles. The lowest BCUT2D eigenvalue weighted by atomic mass is 10.0. The lowest BCUT2D eigenvalue weighted by Gasteiger charge is -2.21. The maximum absolute atomic E-state index is 13.5. The van der Waals surface area contributed by atoms with E-state index in [1.165, 1.54) is 0 Å². The Hall–Kier alpha value is -3.10. The first-order valence-corrected chi connectivity index (χ1v) is 17.8. The highest BCUT2D eigenvalue weighted by Gasteiger charge is 2.32. The van der Waals surface area contributed by atoms with E-state index in [-0.39, 0.29) is 6.73 Å². The largest absolute Gasteiger partial charge is 0.591 e. The van der Waals surface area contributed by atoms with Crippen LogP contribution in [0.1, 0.15) is 43.3 Å². The van der Waals surface area contributed by atoms with E-state index in [9.17, 15) is 9.81 Å². The summed E-state index contributed by atoms with van der Waals surface area (Å²) in [7, 11) is 0.326. The van der Waals surface area contributed by atoms with Gasteiger partial charge in [-0.1, -0.05) is 24.0 Å². The van der Waals surface area contributed by atoms with E-state index in [4.69, 9.17) is 18.9 Å². The molecule has 2 heterocycles. The molecular weight excluding hydrogens is 527 g/mol. The number of hydrogen-bond donors (Lipinski definition) is 1. The zero-order chi connectivity index (χ0) is 28.5. The highest BCUT2D eigenvalue weighted by Crippen LogP contribution is 2.35. The number of imidazole rings is 1. The molecule has 2 aromatic heterocycles.